The number of H-pyrrole nitrogens is 1. The number of amides is 1. The van der Waals surface area contributed by atoms with Crippen LogP contribution in [-0.2, 0) is 17.1 Å². The predicted octanol–water partition coefficient (Wildman–Crippen LogP) is 5.19. The lowest BCUT2D eigenvalue weighted by Crippen LogP contribution is -2.33. The van der Waals surface area contributed by atoms with Crippen LogP contribution in [0.3, 0.4) is 0 Å². The van der Waals surface area contributed by atoms with Crippen molar-refractivity contribution in [3.8, 4) is 0 Å². The van der Waals surface area contributed by atoms with Crippen LogP contribution in [0.1, 0.15) is 28.8 Å². The summed E-state index contributed by atoms with van der Waals surface area (Å²) >= 11 is 15.1. The molecule has 9 heteroatoms. The van der Waals surface area contributed by atoms with E-state index in [-0.39, 0.29) is 16.7 Å². The predicted molar refractivity (Wildman–Crippen MR) is 123 cm³/mol. The minimum Gasteiger partial charge on any atom is -0.340 e. The van der Waals surface area contributed by atoms with Gasteiger partial charge in [-0.1, -0.05) is 29.3 Å². The van der Waals surface area contributed by atoms with Crippen molar-refractivity contribution in [1.29, 1.82) is 0 Å². The molecule has 0 saturated carbocycles. The number of aromatic amines is 1. The number of hydrogen-bond acceptors (Lipinski definition) is 5. The van der Waals surface area contributed by atoms with Gasteiger partial charge in [-0.25, -0.2) is 4.98 Å². The summed E-state index contributed by atoms with van der Waals surface area (Å²) in [6, 6.07) is 5.24. The molecule has 2 heterocycles. The van der Waals surface area contributed by atoms with E-state index < -0.39 is 0 Å². The summed E-state index contributed by atoms with van der Waals surface area (Å²) in [4.78, 5) is 36.0. The lowest BCUT2D eigenvalue weighted by molar-refractivity contribution is -0.129. The quantitative estimate of drug-likeness (QED) is 0.539. The molecule has 1 unspecified atom stereocenters. The molecule has 5 nitrogen and oxygen atoms in total. The number of aryl methyl sites for hydroxylation is 2. The molecule has 1 atom stereocenters. The van der Waals surface area contributed by atoms with Crippen LogP contribution < -0.4 is 5.56 Å². The third-order valence-electron chi connectivity index (χ3n) is 4.70. The third kappa shape index (κ3) is 4.97. The average molecular weight is 470 g/mol. The molecule has 0 saturated heterocycles. The van der Waals surface area contributed by atoms with Crippen LogP contribution in [-0.4, -0.2) is 33.1 Å². The minimum absolute atomic E-state index is 0.0211. The van der Waals surface area contributed by atoms with Gasteiger partial charge in [0.15, 0.2) is 0 Å². The lowest BCUT2D eigenvalue weighted by atomic mass is 10.2. The van der Waals surface area contributed by atoms with Gasteiger partial charge in [-0.3, -0.25) is 9.59 Å². The zero-order chi connectivity index (χ0) is 21.3. The van der Waals surface area contributed by atoms with Crippen molar-refractivity contribution in [2.45, 2.75) is 38.3 Å². The zero-order valence-corrected chi connectivity index (χ0v) is 19.7. The summed E-state index contributed by atoms with van der Waals surface area (Å²) in [6.07, 6.45) is 0. The van der Waals surface area contributed by atoms with E-state index >= 15 is 0 Å². The summed E-state index contributed by atoms with van der Waals surface area (Å²) in [7, 11) is 1.74. The van der Waals surface area contributed by atoms with Crippen molar-refractivity contribution in [1.82, 2.24) is 14.9 Å². The number of benzene rings is 1. The molecule has 154 valence electrons. The van der Waals surface area contributed by atoms with Gasteiger partial charge in [-0.15, -0.1) is 23.1 Å². The molecule has 0 aliphatic heterocycles. The van der Waals surface area contributed by atoms with Crippen molar-refractivity contribution in [2.24, 2.45) is 0 Å². The van der Waals surface area contributed by atoms with E-state index in [1.165, 1.54) is 23.1 Å². The SMILES string of the molecule is Cc1sc2nc(CSC(C)C(=O)N(C)Cc3ccc(Cl)cc3Cl)[nH]c(=O)c2c1C. The number of fused-ring (bicyclic) bond motifs is 1. The number of nitrogens with one attached hydrogen (secondary N) is 1. The Labute approximate surface area is 187 Å². The maximum absolute atomic E-state index is 12.7. The maximum atomic E-state index is 12.7. The average Bonchev–Trinajstić information content (AvgIpc) is 2.95. The van der Waals surface area contributed by atoms with E-state index in [4.69, 9.17) is 23.2 Å². The smallest absolute Gasteiger partial charge is 0.259 e. The lowest BCUT2D eigenvalue weighted by Gasteiger charge is -2.21. The Morgan fingerprint density at radius 3 is 2.76 bits per heavy atom. The Morgan fingerprint density at radius 1 is 1.34 bits per heavy atom. The molecule has 0 aliphatic rings. The topological polar surface area (TPSA) is 66.1 Å². The van der Waals surface area contributed by atoms with E-state index in [2.05, 4.69) is 9.97 Å². The Morgan fingerprint density at radius 2 is 2.07 bits per heavy atom. The number of carbonyl (C=O) groups is 1. The second-order valence-corrected chi connectivity index (χ2v) is 10.2. The fourth-order valence-corrected chi connectivity index (χ4v) is 5.32. The second kappa shape index (κ2) is 9.08. The van der Waals surface area contributed by atoms with Gasteiger partial charge in [-0.2, -0.15) is 0 Å². The Hall–Kier alpha value is -1.54. The first kappa shape index (κ1) is 22.2. The zero-order valence-electron chi connectivity index (χ0n) is 16.5. The number of thiophene rings is 1. The highest BCUT2D eigenvalue weighted by molar-refractivity contribution is 7.99. The van der Waals surface area contributed by atoms with Gasteiger partial charge in [0.2, 0.25) is 5.91 Å². The van der Waals surface area contributed by atoms with Crippen LogP contribution in [0.5, 0.6) is 0 Å². The fraction of sp³-hybridized carbons (Fsp3) is 0.350. The molecule has 0 spiro atoms. The van der Waals surface area contributed by atoms with Crippen LogP contribution in [0.4, 0.5) is 0 Å². The van der Waals surface area contributed by atoms with Crippen LogP contribution >= 0.6 is 46.3 Å². The molecule has 1 N–H and O–H groups in total. The van der Waals surface area contributed by atoms with Crippen LogP contribution in [0, 0.1) is 13.8 Å². The maximum Gasteiger partial charge on any atom is 0.259 e. The van der Waals surface area contributed by atoms with Gasteiger partial charge < -0.3 is 9.88 Å². The number of carbonyl (C=O) groups excluding carboxylic acids is 1. The molecule has 1 amide bonds. The number of nitrogens with zero attached hydrogens (tertiary/aromatic N) is 2. The van der Waals surface area contributed by atoms with E-state index in [1.54, 1.807) is 24.1 Å². The molecule has 3 aromatic rings. The van der Waals surface area contributed by atoms with Gasteiger partial charge in [-0.05, 0) is 44.0 Å². The number of halogens is 2. The van der Waals surface area contributed by atoms with Crippen molar-refractivity contribution < 1.29 is 4.79 Å². The monoisotopic (exact) mass is 469 g/mol. The van der Waals surface area contributed by atoms with E-state index in [9.17, 15) is 9.59 Å². The molecular weight excluding hydrogens is 449 g/mol. The van der Waals surface area contributed by atoms with E-state index in [1.807, 2.05) is 26.8 Å². The summed E-state index contributed by atoms with van der Waals surface area (Å²) in [5.41, 5.74) is 1.69. The van der Waals surface area contributed by atoms with Gasteiger partial charge in [0.1, 0.15) is 10.7 Å². The van der Waals surface area contributed by atoms with Crippen molar-refractivity contribution in [3.63, 3.8) is 0 Å². The highest BCUT2D eigenvalue weighted by atomic mass is 35.5. The van der Waals surface area contributed by atoms with Crippen LogP contribution in [0.15, 0.2) is 23.0 Å². The van der Waals surface area contributed by atoms with E-state index in [0.29, 0.717) is 33.6 Å². The number of rotatable bonds is 6. The first-order valence-corrected chi connectivity index (χ1v) is 11.6. The first-order chi connectivity index (χ1) is 13.7. The molecule has 2 aromatic heterocycles. The summed E-state index contributed by atoms with van der Waals surface area (Å²) in [5, 5.41) is 1.46. The number of thioether (sulfide) groups is 1. The van der Waals surface area contributed by atoms with Crippen molar-refractivity contribution in [2.75, 3.05) is 7.05 Å². The van der Waals surface area contributed by atoms with Crippen molar-refractivity contribution in [3.05, 3.63) is 60.4 Å². The number of aromatic nitrogens is 2. The van der Waals surface area contributed by atoms with Gasteiger partial charge >= 0.3 is 0 Å². The van der Waals surface area contributed by atoms with Crippen LogP contribution in [0.2, 0.25) is 10.0 Å². The third-order valence-corrected chi connectivity index (χ3v) is 7.53. The summed E-state index contributed by atoms with van der Waals surface area (Å²) in [5.74, 6) is 1.01. The van der Waals surface area contributed by atoms with Gasteiger partial charge in [0.25, 0.3) is 5.56 Å². The van der Waals surface area contributed by atoms with Gasteiger partial charge in [0.05, 0.1) is 16.4 Å². The molecule has 0 fully saturated rings. The van der Waals surface area contributed by atoms with Crippen LogP contribution in [0.25, 0.3) is 10.2 Å². The summed E-state index contributed by atoms with van der Waals surface area (Å²) in [6.45, 7) is 6.17. The normalized spacial score (nSPS) is 12.3. The van der Waals surface area contributed by atoms with Gasteiger partial charge in [0, 0.05) is 28.5 Å². The Kier molecular flexibility index (Phi) is 6.94. The van der Waals surface area contributed by atoms with Crippen molar-refractivity contribution >= 4 is 62.4 Å². The molecule has 1 aromatic carbocycles. The molecule has 29 heavy (non-hydrogen) atoms. The number of hydrogen-bond donors (Lipinski definition) is 1. The molecular formula is C20H21Cl2N3O2S2. The highest BCUT2D eigenvalue weighted by Crippen LogP contribution is 2.27. The van der Waals surface area contributed by atoms with E-state index in [0.717, 1.165) is 20.8 Å². The standard InChI is InChI=1S/C20H21Cl2N3O2S2/c1-10-11(2)29-19-17(10)18(26)23-16(24-19)9-28-12(3)20(27)25(4)8-13-5-6-14(21)7-15(13)22/h5-7,12H,8-9H2,1-4H3,(H,23,24,26). The molecule has 0 radical (unpaired) electrons. The molecule has 0 aliphatic carbocycles. The summed E-state index contributed by atoms with van der Waals surface area (Å²) < 4.78 is 0. The minimum atomic E-state index is -0.293. The largest absolute Gasteiger partial charge is 0.340 e. The Bertz CT molecular complexity index is 1130. The second-order valence-electron chi connectivity index (χ2n) is 6.86. The fourth-order valence-electron chi connectivity index (χ4n) is 2.94. The first-order valence-electron chi connectivity index (χ1n) is 8.96. The Balaban J connectivity index is 1.65. The molecule has 0 bridgehead atoms. The highest BCUT2D eigenvalue weighted by Gasteiger charge is 2.20. The molecule has 3 rings (SSSR count).